The Morgan fingerprint density at radius 1 is 1.08 bits per heavy atom. The van der Waals surface area contributed by atoms with Gasteiger partial charge in [0.05, 0.1) is 25.8 Å². The van der Waals surface area contributed by atoms with Crippen LogP contribution in [0.25, 0.3) is 0 Å². The highest BCUT2D eigenvalue weighted by molar-refractivity contribution is 5.99. The lowest BCUT2D eigenvalue weighted by Gasteiger charge is -2.43. The number of nitrogens with one attached hydrogen (secondary N) is 3. The molecule has 0 aliphatic carbocycles. The van der Waals surface area contributed by atoms with Gasteiger partial charge in [-0.15, -0.1) is 0 Å². The Hall–Kier alpha value is -4.79. The summed E-state index contributed by atoms with van der Waals surface area (Å²) in [7, 11) is 1.53. The molecule has 6 rings (SSSR count). The number of hydrogen-bond donors (Lipinski definition) is 3. The van der Waals surface area contributed by atoms with Gasteiger partial charge in [0, 0.05) is 75.5 Å². The highest BCUT2D eigenvalue weighted by atomic mass is 19.4. The number of benzene rings is 2. The topological polar surface area (TPSA) is 124 Å². The molecule has 3 aliphatic heterocycles. The van der Waals surface area contributed by atoms with Gasteiger partial charge in [-0.3, -0.25) is 9.69 Å². The largest absolute Gasteiger partial charge is 0.494 e. The van der Waals surface area contributed by atoms with Gasteiger partial charge >= 0.3 is 12.3 Å². The number of likely N-dealkylation sites (tertiary alicyclic amines) is 1. The first kappa shape index (κ1) is 33.1. The van der Waals surface area contributed by atoms with Gasteiger partial charge in [0.25, 0.3) is 0 Å². The van der Waals surface area contributed by atoms with Crippen molar-refractivity contribution in [3.05, 3.63) is 59.3 Å². The van der Waals surface area contributed by atoms with Gasteiger partial charge < -0.3 is 35.2 Å². The van der Waals surface area contributed by atoms with E-state index in [0.717, 1.165) is 56.5 Å². The summed E-state index contributed by atoms with van der Waals surface area (Å²) < 4.78 is 52.5. The van der Waals surface area contributed by atoms with E-state index < -0.39 is 11.7 Å². The minimum absolute atomic E-state index is 0.0331. The summed E-state index contributed by atoms with van der Waals surface area (Å²) >= 11 is 0. The molecule has 15 heteroatoms. The van der Waals surface area contributed by atoms with Crippen LogP contribution in [0.2, 0.25) is 0 Å². The molecule has 3 aromatic rings. The van der Waals surface area contributed by atoms with Crippen LogP contribution in [0.3, 0.4) is 0 Å². The predicted octanol–water partition coefficient (Wildman–Crippen LogP) is 5.10. The molecule has 12 nitrogen and oxygen atoms in total. The Kier molecular flexibility index (Phi) is 9.76. The third-order valence-corrected chi connectivity index (χ3v) is 9.04. The number of fused-ring (bicyclic) bond motifs is 1. The summed E-state index contributed by atoms with van der Waals surface area (Å²) in [6, 6.07) is 11.3. The van der Waals surface area contributed by atoms with Crippen LogP contribution in [0.4, 0.5) is 46.8 Å². The number of carbonyl (C=O) groups excluding carboxylic acids is 2. The van der Waals surface area contributed by atoms with Gasteiger partial charge in [0.2, 0.25) is 11.9 Å². The Morgan fingerprint density at radius 3 is 2.56 bits per heavy atom. The fourth-order valence-corrected chi connectivity index (χ4v) is 6.52. The van der Waals surface area contributed by atoms with Crippen LogP contribution in [0.5, 0.6) is 5.75 Å². The lowest BCUT2D eigenvalue weighted by molar-refractivity contribution is -0.137. The maximum atomic E-state index is 13.9. The summed E-state index contributed by atoms with van der Waals surface area (Å²) in [5, 5.41) is 8.58. The first-order chi connectivity index (χ1) is 23.1. The lowest BCUT2D eigenvalue weighted by atomic mass is 10.0. The number of carbonyl (C=O) groups is 2. The van der Waals surface area contributed by atoms with Crippen molar-refractivity contribution in [1.29, 1.82) is 0 Å². The van der Waals surface area contributed by atoms with Gasteiger partial charge in [-0.1, -0.05) is 12.1 Å². The molecule has 4 heterocycles. The molecule has 48 heavy (non-hydrogen) atoms. The van der Waals surface area contributed by atoms with Crippen LogP contribution in [-0.4, -0.2) is 90.8 Å². The second-order valence-corrected chi connectivity index (χ2v) is 11.9. The fourth-order valence-electron chi connectivity index (χ4n) is 6.52. The van der Waals surface area contributed by atoms with E-state index in [9.17, 15) is 22.8 Å². The van der Waals surface area contributed by atoms with E-state index >= 15 is 0 Å². The molecule has 0 atom stereocenters. The third-order valence-electron chi connectivity index (χ3n) is 9.04. The van der Waals surface area contributed by atoms with E-state index in [2.05, 4.69) is 35.7 Å². The van der Waals surface area contributed by atoms with E-state index in [1.54, 1.807) is 29.2 Å². The highest BCUT2D eigenvalue weighted by Gasteiger charge is 2.36. The van der Waals surface area contributed by atoms with E-state index in [1.165, 1.54) is 7.11 Å². The molecule has 0 bridgehead atoms. The molecule has 0 saturated carbocycles. The number of aromatic nitrogens is 2. The average molecular weight is 669 g/mol. The van der Waals surface area contributed by atoms with E-state index in [1.807, 2.05) is 19.1 Å². The zero-order valence-corrected chi connectivity index (χ0v) is 26.9. The van der Waals surface area contributed by atoms with Gasteiger partial charge in [-0.25, -0.2) is 9.78 Å². The minimum atomic E-state index is -4.68. The molecule has 2 aromatic carbocycles. The number of ether oxygens (including phenoxy) is 2. The van der Waals surface area contributed by atoms with E-state index in [4.69, 9.17) is 9.47 Å². The number of methoxy groups -OCH3 is 1. The number of rotatable bonds is 9. The smallest absolute Gasteiger partial charge is 0.421 e. The van der Waals surface area contributed by atoms with Crippen LogP contribution < -0.4 is 25.6 Å². The number of amides is 2. The molecule has 2 fully saturated rings. The molecule has 1 aromatic heterocycles. The fraction of sp³-hybridized carbons (Fsp3) is 0.455. The van der Waals surface area contributed by atoms with Crippen molar-refractivity contribution in [2.75, 3.05) is 73.8 Å². The Bertz CT molecular complexity index is 1640. The molecule has 0 radical (unpaired) electrons. The quantitative estimate of drug-likeness (QED) is 0.284. The van der Waals surface area contributed by atoms with Crippen molar-refractivity contribution >= 4 is 40.8 Å². The van der Waals surface area contributed by atoms with Crippen molar-refractivity contribution in [2.45, 2.75) is 44.9 Å². The molecule has 256 valence electrons. The maximum absolute atomic E-state index is 13.9. The molecule has 0 unspecified atom stereocenters. The van der Waals surface area contributed by atoms with Crippen LogP contribution >= 0.6 is 0 Å². The molecule has 2 amide bonds. The summed E-state index contributed by atoms with van der Waals surface area (Å²) in [6.45, 7) is 7.04. The third kappa shape index (κ3) is 7.35. The average Bonchev–Trinajstić information content (AvgIpc) is 3.48. The molecular formula is C33H39F3N8O4. The van der Waals surface area contributed by atoms with E-state index in [0.29, 0.717) is 48.4 Å². The zero-order valence-electron chi connectivity index (χ0n) is 26.9. The normalized spacial score (nSPS) is 17.1. The van der Waals surface area contributed by atoms with E-state index in [-0.39, 0.29) is 36.7 Å². The second kappa shape index (κ2) is 14.1. The molecule has 0 spiro atoms. The van der Waals surface area contributed by atoms with Crippen molar-refractivity contribution in [2.24, 2.45) is 0 Å². The molecular weight excluding hydrogens is 629 g/mol. The predicted molar refractivity (Wildman–Crippen MR) is 175 cm³/mol. The Labute approximate surface area is 276 Å². The first-order valence-electron chi connectivity index (χ1n) is 16.1. The van der Waals surface area contributed by atoms with Crippen LogP contribution in [0.15, 0.2) is 42.6 Å². The lowest BCUT2D eigenvalue weighted by Crippen LogP contribution is -2.53. The minimum Gasteiger partial charge on any atom is -0.494 e. The Morgan fingerprint density at radius 2 is 1.85 bits per heavy atom. The second-order valence-electron chi connectivity index (χ2n) is 11.9. The number of piperidine rings is 1. The number of anilines is 5. The number of halogens is 3. The van der Waals surface area contributed by atoms with Crippen LogP contribution in [0, 0.1) is 0 Å². The number of alkyl halides is 3. The van der Waals surface area contributed by atoms with Crippen molar-refractivity contribution in [1.82, 2.24) is 19.8 Å². The number of nitrogens with zero attached hydrogens (tertiary/aromatic N) is 5. The molecule has 3 N–H and O–H groups in total. The molecule has 3 aliphatic rings. The van der Waals surface area contributed by atoms with Gasteiger partial charge in [-0.05, 0) is 49.1 Å². The number of hydrogen-bond acceptors (Lipinski definition) is 10. The maximum Gasteiger partial charge on any atom is 0.421 e. The van der Waals surface area contributed by atoms with Crippen LogP contribution in [-0.2, 0) is 28.7 Å². The first-order valence-corrected chi connectivity index (χ1v) is 16.1. The van der Waals surface area contributed by atoms with Gasteiger partial charge in [0.1, 0.15) is 17.1 Å². The van der Waals surface area contributed by atoms with Gasteiger partial charge in [0.15, 0.2) is 0 Å². The van der Waals surface area contributed by atoms with Crippen molar-refractivity contribution in [3.8, 4) is 5.75 Å². The summed E-state index contributed by atoms with van der Waals surface area (Å²) in [5.41, 5.74) is 2.58. The zero-order chi connectivity index (χ0) is 33.8. The summed E-state index contributed by atoms with van der Waals surface area (Å²) in [4.78, 5) is 38.6. The Balaban J connectivity index is 1.10. The van der Waals surface area contributed by atoms with Crippen LogP contribution in [0.1, 0.15) is 36.5 Å². The SMILES string of the molecule is CCOC(=O)N1CCC(N2CCN(c3ccc(Nc4ncc(C(F)(F)F)c(NCc5cccc6c5CC(=O)N6)n4)c(OC)c3)CC2)CC1. The standard InChI is InChI=1S/C33H39F3N8O4/c1-3-48-32(46)44-11-9-22(10-12-44)42-13-15-43(16-14-42)23-7-8-27(28(17-23)47-2)40-31-38-20-25(33(34,35)36)30(41-31)37-19-21-5-4-6-26-24(21)18-29(45)39-26/h4-8,17,20,22H,3,9-16,18-19H2,1-2H3,(H,39,45)(H2,37,38,40,41). The highest BCUT2D eigenvalue weighted by Crippen LogP contribution is 2.37. The summed E-state index contributed by atoms with van der Waals surface area (Å²) in [6.07, 6.45) is -2.16. The molecule has 2 saturated heterocycles. The van der Waals surface area contributed by atoms with Gasteiger partial charge in [-0.2, -0.15) is 18.2 Å². The van der Waals surface area contributed by atoms with Crippen molar-refractivity contribution in [3.63, 3.8) is 0 Å². The monoisotopic (exact) mass is 668 g/mol. The summed E-state index contributed by atoms with van der Waals surface area (Å²) in [5.74, 6) is -0.0747. The number of piperazine rings is 1. The van der Waals surface area contributed by atoms with Crippen molar-refractivity contribution < 1.29 is 32.2 Å².